The van der Waals surface area contributed by atoms with Crippen molar-refractivity contribution in [3.63, 3.8) is 0 Å². The van der Waals surface area contributed by atoms with Crippen molar-refractivity contribution in [2.24, 2.45) is 0 Å². The molecule has 1 N–H and O–H groups in total. The van der Waals surface area contributed by atoms with E-state index in [2.05, 4.69) is 18.9 Å². The van der Waals surface area contributed by atoms with Crippen molar-refractivity contribution >= 4 is 31.7 Å². The molecule has 3 unspecified atom stereocenters. The van der Waals surface area contributed by atoms with Crippen LogP contribution in [0.4, 0.5) is 4.79 Å². The van der Waals surface area contributed by atoms with Gasteiger partial charge in [0.15, 0.2) is 18.3 Å². The number of ether oxygens (including phenoxy) is 4. The van der Waals surface area contributed by atoms with Gasteiger partial charge in [0.2, 0.25) is 0 Å². The van der Waals surface area contributed by atoms with E-state index in [9.17, 15) is 23.7 Å². The molecule has 2 fully saturated rings. The van der Waals surface area contributed by atoms with E-state index in [1.807, 2.05) is 0 Å². The van der Waals surface area contributed by atoms with Gasteiger partial charge in [-0.25, -0.2) is 9.36 Å². The van der Waals surface area contributed by atoms with Crippen LogP contribution in [-0.2, 0) is 46.9 Å². The van der Waals surface area contributed by atoms with Gasteiger partial charge in [-0.2, -0.15) is 5.09 Å². The first kappa shape index (κ1) is 44.9. The molecule has 1 amide bonds. The predicted octanol–water partition coefficient (Wildman–Crippen LogP) is 8.51. The molecular weight excluding hydrogens is 679 g/mol. The van der Waals surface area contributed by atoms with Crippen molar-refractivity contribution < 1.29 is 51.7 Å². The average molecular weight is 747 g/mol. The normalized spacial score (nSPS) is 21.6. The molecule has 2 aliphatic rings. The van der Waals surface area contributed by atoms with Crippen molar-refractivity contribution in [3.8, 4) is 0 Å². The highest BCUT2D eigenvalue weighted by Gasteiger charge is 2.60. The Kier molecular flexibility index (Phi) is 22.7. The summed E-state index contributed by atoms with van der Waals surface area (Å²) in [5.41, 5.74) is 0. The first-order valence-electron chi connectivity index (χ1n) is 19.7. The van der Waals surface area contributed by atoms with Crippen LogP contribution in [0.25, 0.3) is 0 Å². The molecule has 0 aromatic rings. The van der Waals surface area contributed by atoms with Gasteiger partial charge >= 0.3 is 31.7 Å². The zero-order chi connectivity index (χ0) is 37.5. The number of fused-ring (bicyclic) bond motifs is 1. The second-order valence-electron chi connectivity index (χ2n) is 13.9. The smallest absolute Gasteiger partial charge is 0.411 e. The Labute approximate surface area is 306 Å². The molecule has 13 nitrogen and oxygen atoms in total. The largest absolute Gasteiger partial charge is 0.456 e. The molecular formula is C37H67N2O11P. The third-order valence-corrected chi connectivity index (χ3v) is 10.9. The van der Waals surface area contributed by atoms with Gasteiger partial charge in [0.25, 0.3) is 0 Å². The Bertz CT molecular complexity index is 1050. The fraction of sp³-hybridized carbons (Fsp3) is 0.892. The Morgan fingerprint density at radius 1 is 0.627 bits per heavy atom. The molecule has 0 aromatic heterocycles. The van der Waals surface area contributed by atoms with Gasteiger partial charge in [-0.1, -0.05) is 129 Å². The summed E-state index contributed by atoms with van der Waals surface area (Å²) in [6.07, 6.45) is 16.2. The summed E-state index contributed by atoms with van der Waals surface area (Å²) < 4.78 is 48.3. The number of piperidine rings is 1. The van der Waals surface area contributed by atoms with Crippen LogP contribution in [-0.4, -0.2) is 79.2 Å². The lowest BCUT2D eigenvalue weighted by atomic mass is 9.92. The molecule has 14 heteroatoms. The van der Waals surface area contributed by atoms with Gasteiger partial charge in [-0.05, 0) is 12.8 Å². The van der Waals surface area contributed by atoms with Gasteiger partial charge in [-0.3, -0.25) is 28.3 Å². The van der Waals surface area contributed by atoms with Crippen LogP contribution in [0.1, 0.15) is 163 Å². The Hall–Kier alpha value is -2.21. The van der Waals surface area contributed by atoms with Gasteiger partial charge in [0.05, 0.1) is 13.2 Å². The summed E-state index contributed by atoms with van der Waals surface area (Å²) in [7, 11) is -4.15. The number of hydrogen-bond acceptors (Lipinski definition) is 11. The highest BCUT2D eigenvalue weighted by molar-refractivity contribution is 7.51. The molecule has 0 aromatic carbocycles. The molecule has 2 heterocycles. The maximum absolute atomic E-state index is 14.4. The number of carbonyl (C=O) groups excluding carboxylic acids is 4. The van der Waals surface area contributed by atoms with Crippen molar-refractivity contribution in [2.45, 2.75) is 194 Å². The summed E-state index contributed by atoms with van der Waals surface area (Å²) in [6.45, 7) is 7.99. The maximum atomic E-state index is 14.4. The van der Waals surface area contributed by atoms with Crippen molar-refractivity contribution in [2.75, 3.05) is 19.8 Å². The number of nitrogens with one attached hydrogen (secondary N) is 1. The monoisotopic (exact) mass is 746 g/mol. The Morgan fingerprint density at radius 3 is 1.41 bits per heavy atom. The molecule has 0 aliphatic carbocycles. The molecule has 2 rings (SSSR count). The van der Waals surface area contributed by atoms with Crippen LogP contribution in [0.15, 0.2) is 0 Å². The van der Waals surface area contributed by atoms with E-state index >= 15 is 0 Å². The van der Waals surface area contributed by atoms with Crippen LogP contribution in [0.3, 0.4) is 0 Å². The summed E-state index contributed by atoms with van der Waals surface area (Å²) >= 11 is 0. The highest BCUT2D eigenvalue weighted by Crippen LogP contribution is 2.47. The molecule has 5 atom stereocenters. The van der Waals surface area contributed by atoms with Crippen LogP contribution in [0.2, 0.25) is 0 Å². The number of nitrogens with zero attached hydrogens (tertiary/aromatic N) is 1. The van der Waals surface area contributed by atoms with E-state index in [0.29, 0.717) is 12.8 Å². The van der Waals surface area contributed by atoms with Gasteiger partial charge in [0, 0.05) is 20.8 Å². The van der Waals surface area contributed by atoms with Gasteiger partial charge < -0.3 is 18.9 Å². The molecule has 0 radical (unpaired) electrons. The molecule has 0 spiro atoms. The van der Waals surface area contributed by atoms with E-state index < -0.39 is 62.3 Å². The Balaban J connectivity index is 2.14. The quantitative estimate of drug-likeness (QED) is 0.0337. The lowest BCUT2D eigenvalue weighted by molar-refractivity contribution is -0.207. The van der Waals surface area contributed by atoms with Gasteiger partial charge in [0.1, 0.15) is 18.8 Å². The molecule has 51 heavy (non-hydrogen) atoms. The molecule has 0 bridgehead atoms. The van der Waals surface area contributed by atoms with Crippen LogP contribution in [0.5, 0.6) is 0 Å². The third-order valence-electron chi connectivity index (χ3n) is 9.30. The van der Waals surface area contributed by atoms with E-state index in [1.165, 1.54) is 88.9 Å². The summed E-state index contributed by atoms with van der Waals surface area (Å²) in [6, 6.07) is -0.938. The highest BCUT2D eigenvalue weighted by atomic mass is 31.2. The number of carbonyl (C=O) groups is 4. The minimum atomic E-state index is -4.15. The van der Waals surface area contributed by atoms with Crippen molar-refractivity contribution in [3.05, 3.63) is 0 Å². The van der Waals surface area contributed by atoms with Crippen LogP contribution in [0, 0.1) is 0 Å². The van der Waals surface area contributed by atoms with Crippen LogP contribution >= 0.6 is 7.75 Å². The van der Waals surface area contributed by atoms with Gasteiger partial charge in [-0.15, -0.1) is 0 Å². The van der Waals surface area contributed by atoms with Crippen molar-refractivity contribution in [1.82, 2.24) is 9.99 Å². The van der Waals surface area contributed by atoms with E-state index in [4.69, 9.17) is 28.0 Å². The molecule has 2 saturated heterocycles. The topological polar surface area (TPSA) is 156 Å². The standard InChI is InChI=1S/C37H67N2O11P/c1-6-8-10-12-14-16-18-20-22-24-26-46-51(44,47-27-25-23-21-19-17-15-13-11-9-7-2)38-36-35(50-31(5)42)34(49-30(4)41)33(48-29(3)40)32-28-45-37(43)39(32)36/h32-36H,6-28H2,1-5H3,(H,38,44)/t32?,33-,34?,35?,36+/m1/s1. The van der Waals surface area contributed by atoms with Crippen molar-refractivity contribution in [1.29, 1.82) is 0 Å². The Morgan fingerprint density at radius 2 is 1.00 bits per heavy atom. The SMILES string of the molecule is CCCCCCCCCCCCOP(=O)(N[C@@H]1C(OC(C)=O)C(OC(C)=O)[C@H](OC(C)=O)C2COC(=O)N21)OCCCCCCCCCCCC. The number of hydrogen-bond donors (Lipinski definition) is 1. The maximum Gasteiger partial charge on any atom is 0.411 e. The number of cyclic esters (lactones) is 1. The first-order valence-corrected chi connectivity index (χ1v) is 21.2. The second kappa shape index (κ2) is 25.7. The zero-order valence-electron chi connectivity index (χ0n) is 32.0. The van der Waals surface area contributed by atoms with E-state index in [-0.39, 0.29) is 19.8 Å². The average Bonchev–Trinajstić information content (AvgIpc) is 3.46. The third kappa shape index (κ3) is 17.4. The fourth-order valence-corrected chi connectivity index (χ4v) is 8.27. The summed E-state index contributed by atoms with van der Waals surface area (Å²) in [4.78, 5) is 51.0. The molecule has 2 aliphatic heterocycles. The van der Waals surface area contributed by atoms with E-state index in [1.54, 1.807) is 0 Å². The zero-order valence-corrected chi connectivity index (χ0v) is 32.9. The fourth-order valence-electron chi connectivity index (χ4n) is 6.71. The number of esters is 3. The molecule has 0 saturated carbocycles. The summed E-state index contributed by atoms with van der Waals surface area (Å²) in [5, 5.41) is 2.87. The van der Waals surface area contributed by atoms with E-state index in [0.717, 1.165) is 52.4 Å². The minimum Gasteiger partial charge on any atom is -0.456 e. The minimum absolute atomic E-state index is 0.140. The predicted molar refractivity (Wildman–Crippen MR) is 194 cm³/mol. The lowest BCUT2D eigenvalue weighted by Crippen LogP contribution is -2.71. The first-order chi connectivity index (χ1) is 24.5. The number of rotatable bonds is 29. The second-order valence-corrected chi connectivity index (χ2v) is 15.6. The number of amides is 1. The molecule has 296 valence electrons. The summed E-state index contributed by atoms with van der Waals surface area (Å²) in [5.74, 6) is -2.19. The lowest BCUT2D eigenvalue weighted by Gasteiger charge is -2.47. The van der Waals surface area contributed by atoms with Crippen LogP contribution < -0.4 is 5.09 Å². The number of unbranched alkanes of at least 4 members (excludes halogenated alkanes) is 18.